The molecule has 0 bridgehead atoms. The van der Waals surface area contributed by atoms with Crippen molar-refractivity contribution in [3.8, 4) is 0 Å². The normalized spacial score (nSPS) is 11.8. The lowest BCUT2D eigenvalue weighted by atomic mass is 10.1. The molecule has 0 saturated heterocycles. The highest BCUT2D eigenvalue weighted by Crippen LogP contribution is 2.14. The first kappa shape index (κ1) is 16.1. The Morgan fingerprint density at radius 1 is 1.20 bits per heavy atom. The van der Waals surface area contributed by atoms with Crippen LogP contribution < -0.4 is 16.4 Å². The smallest absolute Gasteiger partial charge is 0.250 e. The summed E-state index contributed by atoms with van der Waals surface area (Å²) in [6.45, 7) is 1.98. The average Bonchev–Trinajstić information content (AvgIpc) is 2.41. The maximum atomic E-state index is 11.7. The lowest BCUT2D eigenvalue weighted by Crippen LogP contribution is -2.35. The molecule has 0 radical (unpaired) electrons. The molecule has 0 unspecified atom stereocenters. The minimum absolute atomic E-state index is 0.00432. The van der Waals surface area contributed by atoms with E-state index in [0.29, 0.717) is 17.8 Å². The minimum atomic E-state index is -0.499. The van der Waals surface area contributed by atoms with Crippen molar-refractivity contribution in [2.45, 2.75) is 25.8 Å². The van der Waals surface area contributed by atoms with E-state index >= 15 is 0 Å². The van der Waals surface area contributed by atoms with Gasteiger partial charge < -0.3 is 21.1 Å². The molecule has 1 aromatic rings. The van der Waals surface area contributed by atoms with E-state index in [1.54, 1.807) is 24.3 Å². The predicted molar refractivity (Wildman–Crippen MR) is 78.5 cm³/mol. The first-order valence-electron chi connectivity index (χ1n) is 6.52. The highest BCUT2D eigenvalue weighted by Gasteiger charge is 2.12. The molecule has 0 fully saturated rings. The standard InChI is InChI=1S/C14H21N3O3/c1-3-4-12(15)14(19)17-11-7-5-10(6-8-11)16-13(18)9-20-2/h5-8,12H,3-4,9,15H2,1-2H3,(H,16,18)(H,17,19)/t12-/m1/s1. The maximum Gasteiger partial charge on any atom is 0.250 e. The number of benzene rings is 1. The third kappa shape index (κ3) is 5.38. The number of methoxy groups -OCH3 is 1. The van der Waals surface area contributed by atoms with Crippen molar-refractivity contribution in [2.75, 3.05) is 24.4 Å². The summed E-state index contributed by atoms with van der Waals surface area (Å²) >= 11 is 0. The molecule has 0 saturated carbocycles. The van der Waals surface area contributed by atoms with E-state index in [0.717, 1.165) is 6.42 Å². The Kier molecular flexibility index (Phi) is 6.69. The van der Waals surface area contributed by atoms with Crippen LogP contribution in [0, 0.1) is 0 Å². The van der Waals surface area contributed by atoms with Gasteiger partial charge in [0, 0.05) is 18.5 Å². The van der Waals surface area contributed by atoms with E-state index in [1.165, 1.54) is 7.11 Å². The van der Waals surface area contributed by atoms with Gasteiger partial charge in [-0.2, -0.15) is 0 Å². The van der Waals surface area contributed by atoms with Crippen molar-refractivity contribution in [3.63, 3.8) is 0 Å². The number of carbonyl (C=O) groups excluding carboxylic acids is 2. The van der Waals surface area contributed by atoms with Crippen LogP contribution >= 0.6 is 0 Å². The highest BCUT2D eigenvalue weighted by atomic mass is 16.5. The number of carbonyl (C=O) groups is 2. The van der Waals surface area contributed by atoms with Crippen LogP contribution in [0.2, 0.25) is 0 Å². The highest BCUT2D eigenvalue weighted by molar-refractivity contribution is 5.95. The van der Waals surface area contributed by atoms with E-state index in [9.17, 15) is 9.59 Å². The quantitative estimate of drug-likeness (QED) is 0.702. The Labute approximate surface area is 118 Å². The second kappa shape index (κ2) is 8.29. The van der Waals surface area contributed by atoms with Crippen molar-refractivity contribution >= 4 is 23.2 Å². The van der Waals surface area contributed by atoms with Crippen LogP contribution in [0.25, 0.3) is 0 Å². The lowest BCUT2D eigenvalue weighted by Gasteiger charge is -2.11. The molecule has 6 nitrogen and oxygen atoms in total. The summed E-state index contributed by atoms with van der Waals surface area (Å²) in [7, 11) is 1.46. The molecule has 0 heterocycles. The summed E-state index contributed by atoms with van der Waals surface area (Å²) in [5, 5.41) is 5.40. The zero-order valence-corrected chi connectivity index (χ0v) is 11.8. The Morgan fingerprint density at radius 3 is 2.25 bits per heavy atom. The molecule has 0 aliphatic rings. The summed E-state index contributed by atoms with van der Waals surface area (Å²) in [6, 6.07) is 6.32. The fraction of sp³-hybridized carbons (Fsp3) is 0.429. The SMILES string of the molecule is CCC[C@@H](N)C(=O)Nc1ccc(NC(=O)COC)cc1. The van der Waals surface area contributed by atoms with Crippen molar-refractivity contribution in [2.24, 2.45) is 5.73 Å². The molecule has 110 valence electrons. The number of nitrogens with two attached hydrogens (primary N) is 1. The van der Waals surface area contributed by atoms with E-state index in [-0.39, 0.29) is 18.4 Å². The number of anilines is 2. The van der Waals surface area contributed by atoms with Gasteiger partial charge in [-0.15, -0.1) is 0 Å². The molecule has 2 amide bonds. The van der Waals surface area contributed by atoms with Crippen molar-refractivity contribution in [1.82, 2.24) is 0 Å². The topological polar surface area (TPSA) is 93.5 Å². The molecule has 0 aromatic heterocycles. The Morgan fingerprint density at radius 2 is 1.75 bits per heavy atom. The molecular formula is C14H21N3O3. The van der Waals surface area contributed by atoms with Crippen molar-refractivity contribution in [1.29, 1.82) is 0 Å². The van der Waals surface area contributed by atoms with E-state index in [1.807, 2.05) is 6.92 Å². The van der Waals surface area contributed by atoms with Gasteiger partial charge in [0.1, 0.15) is 6.61 Å². The van der Waals surface area contributed by atoms with Gasteiger partial charge in [-0.3, -0.25) is 9.59 Å². The number of amides is 2. The van der Waals surface area contributed by atoms with Crippen LogP contribution in [0.4, 0.5) is 11.4 Å². The number of ether oxygens (including phenoxy) is 1. The first-order valence-corrected chi connectivity index (χ1v) is 6.52. The van der Waals surface area contributed by atoms with E-state index < -0.39 is 6.04 Å². The minimum Gasteiger partial charge on any atom is -0.375 e. The number of rotatable bonds is 7. The molecule has 4 N–H and O–H groups in total. The second-order valence-electron chi connectivity index (χ2n) is 4.44. The van der Waals surface area contributed by atoms with Gasteiger partial charge in [0.05, 0.1) is 6.04 Å². The fourth-order valence-electron chi connectivity index (χ4n) is 1.64. The fourth-order valence-corrected chi connectivity index (χ4v) is 1.64. The molecular weight excluding hydrogens is 258 g/mol. The van der Waals surface area contributed by atoms with Crippen LogP contribution in [0.5, 0.6) is 0 Å². The number of hydrogen-bond donors (Lipinski definition) is 3. The molecule has 1 rings (SSSR count). The number of hydrogen-bond acceptors (Lipinski definition) is 4. The van der Waals surface area contributed by atoms with Gasteiger partial charge in [0.2, 0.25) is 11.8 Å². The summed E-state index contributed by atoms with van der Waals surface area (Å²) < 4.78 is 4.72. The van der Waals surface area contributed by atoms with Gasteiger partial charge in [-0.25, -0.2) is 0 Å². The monoisotopic (exact) mass is 279 g/mol. The Balaban J connectivity index is 2.54. The number of nitrogens with one attached hydrogen (secondary N) is 2. The van der Waals surface area contributed by atoms with Crippen molar-refractivity contribution < 1.29 is 14.3 Å². The summed E-state index contributed by atoms with van der Waals surface area (Å²) in [5.41, 5.74) is 7.01. The molecule has 6 heteroatoms. The van der Waals surface area contributed by atoms with E-state index in [2.05, 4.69) is 10.6 Å². The third-order valence-electron chi connectivity index (χ3n) is 2.65. The largest absolute Gasteiger partial charge is 0.375 e. The van der Waals surface area contributed by atoms with Crippen LogP contribution in [0.15, 0.2) is 24.3 Å². The average molecular weight is 279 g/mol. The third-order valence-corrected chi connectivity index (χ3v) is 2.65. The van der Waals surface area contributed by atoms with Gasteiger partial charge in [0.15, 0.2) is 0 Å². The Bertz CT molecular complexity index is 445. The summed E-state index contributed by atoms with van der Waals surface area (Å²) in [6.07, 6.45) is 1.51. The molecule has 1 aromatic carbocycles. The maximum absolute atomic E-state index is 11.7. The zero-order valence-electron chi connectivity index (χ0n) is 11.8. The van der Waals surface area contributed by atoms with E-state index in [4.69, 9.17) is 10.5 Å². The van der Waals surface area contributed by atoms with Crippen LogP contribution in [-0.2, 0) is 14.3 Å². The second-order valence-corrected chi connectivity index (χ2v) is 4.44. The molecule has 0 aliphatic heterocycles. The van der Waals surface area contributed by atoms with Crippen LogP contribution in [-0.4, -0.2) is 31.6 Å². The predicted octanol–water partition coefficient (Wildman–Crippen LogP) is 1.34. The van der Waals surface area contributed by atoms with Gasteiger partial charge in [0.25, 0.3) is 0 Å². The zero-order chi connectivity index (χ0) is 15.0. The van der Waals surface area contributed by atoms with Gasteiger partial charge >= 0.3 is 0 Å². The summed E-state index contributed by atoms with van der Waals surface area (Å²) in [5.74, 6) is -0.433. The lowest BCUT2D eigenvalue weighted by molar-refractivity contribution is -0.119. The van der Waals surface area contributed by atoms with Crippen LogP contribution in [0.3, 0.4) is 0 Å². The molecule has 0 spiro atoms. The first-order chi connectivity index (χ1) is 9.56. The van der Waals surface area contributed by atoms with Gasteiger partial charge in [-0.05, 0) is 30.7 Å². The van der Waals surface area contributed by atoms with Crippen LogP contribution in [0.1, 0.15) is 19.8 Å². The Hall–Kier alpha value is -1.92. The van der Waals surface area contributed by atoms with Gasteiger partial charge in [-0.1, -0.05) is 13.3 Å². The summed E-state index contributed by atoms with van der Waals surface area (Å²) in [4.78, 5) is 23.0. The molecule has 20 heavy (non-hydrogen) atoms. The molecule has 1 atom stereocenters. The van der Waals surface area contributed by atoms with Crippen molar-refractivity contribution in [3.05, 3.63) is 24.3 Å². The molecule has 0 aliphatic carbocycles.